The molecule has 1 aliphatic rings. The van der Waals surface area contributed by atoms with Gasteiger partial charge in [0, 0.05) is 50.0 Å². The van der Waals surface area contributed by atoms with Crippen LogP contribution in [0.25, 0.3) is 66.4 Å². The molecule has 0 saturated carbocycles. The largest absolute Gasteiger partial charge is 0.456 e. The van der Waals surface area contributed by atoms with Gasteiger partial charge in [-0.15, -0.1) is 0 Å². The summed E-state index contributed by atoms with van der Waals surface area (Å²) in [5, 5.41) is 4.32. The molecule has 2 aromatic heterocycles. The molecule has 0 spiro atoms. The second kappa shape index (κ2) is 9.93. The highest BCUT2D eigenvalue weighted by molar-refractivity contribution is 6.11. The van der Waals surface area contributed by atoms with Crippen molar-refractivity contribution in [2.24, 2.45) is 0 Å². The smallest absolute Gasteiger partial charge is 0.227 e. The van der Waals surface area contributed by atoms with Crippen LogP contribution in [0.2, 0.25) is 0 Å². The number of benzene rings is 7. The highest BCUT2D eigenvalue weighted by Crippen LogP contribution is 2.51. The number of aromatic nitrogens is 1. The average Bonchev–Trinajstić information content (AvgIpc) is 3.80. The maximum Gasteiger partial charge on any atom is 0.227 e. The van der Waals surface area contributed by atoms with Crippen molar-refractivity contribution >= 4 is 60.9 Å². The zero-order valence-corrected chi connectivity index (χ0v) is 26.6. The number of hydrogen-bond acceptors (Lipinski definition) is 4. The molecule has 0 bridgehead atoms. The molecule has 4 nitrogen and oxygen atoms in total. The Labute approximate surface area is 277 Å². The van der Waals surface area contributed by atoms with Crippen LogP contribution in [-0.4, -0.2) is 4.98 Å². The zero-order valence-electron chi connectivity index (χ0n) is 26.6. The minimum absolute atomic E-state index is 0.130. The van der Waals surface area contributed by atoms with Crippen LogP contribution < -0.4 is 4.90 Å². The quantitative estimate of drug-likeness (QED) is 0.197. The fourth-order valence-electron chi connectivity index (χ4n) is 7.74. The number of para-hydroxylation sites is 1. The van der Waals surface area contributed by atoms with Gasteiger partial charge >= 0.3 is 0 Å². The fourth-order valence-corrected chi connectivity index (χ4v) is 7.74. The van der Waals surface area contributed by atoms with E-state index < -0.39 is 0 Å². The van der Waals surface area contributed by atoms with E-state index in [-0.39, 0.29) is 5.41 Å². The Balaban J connectivity index is 1.21. The van der Waals surface area contributed by atoms with Crippen molar-refractivity contribution in [3.05, 3.63) is 157 Å². The van der Waals surface area contributed by atoms with E-state index in [9.17, 15) is 0 Å². The Hall–Kier alpha value is -6.13. The van der Waals surface area contributed by atoms with Gasteiger partial charge in [0.15, 0.2) is 5.58 Å². The summed E-state index contributed by atoms with van der Waals surface area (Å²) in [7, 11) is 0. The molecule has 0 aliphatic heterocycles. The summed E-state index contributed by atoms with van der Waals surface area (Å²) in [5.74, 6) is 0.621. The van der Waals surface area contributed by atoms with Crippen LogP contribution >= 0.6 is 0 Å². The molecular weight excluding hydrogens is 588 g/mol. The molecule has 0 atom stereocenters. The second-order valence-electron chi connectivity index (χ2n) is 13.2. The van der Waals surface area contributed by atoms with Gasteiger partial charge in [0.2, 0.25) is 5.89 Å². The van der Waals surface area contributed by atoms with E-state index in [0.717, 1.165) is 66.4 Å². The third-order valence-electron chi connectivity index (χ3n) is 10.1. The molecule has 228 valence electrons. The Morgan fingerprint density at radius 3 is 2.15 bits per heavy atom. The number of nitrogens with zero attached hydrogens (tertiary/aromatic N) is 2. The van der Waals surface area contributed by atoms with Crippen LogP contribution in [0.1, 0.15) is 25.0 Å². The van der Waals surface area contributed by atoms with Crippen LogP contribution in [0, 0.1) is 0 Å². The van der Waals surface area contributed by atoms with E-state index >= 15 is 0 Å². The first-order chi connectivity index (χ1) is 23.5. The van der Waals surface area contributed by atoms with Crippen LogP contribution in [0.15, 0.2) is 154 Å². The maximum absolute atomic E-state index is 6.48. The number of fused-ring (bicyclic) bond motifs is 9. The lowest BCUT2D eigenvalue weighted by Gasteiger charge is -2.29. The first kappa shape index (κ1) is 27.0. The number of anilines is 3. The second-order valence-corrected chi connectivity index (χ2v) is 13.2. The summed E-state index contributed by atoms with van der Waals surface area (Å²) < 4.78 is 12.9. The van der Waals surface area contributed by atoms with Crippen molar-refractivity contribution in [2.75, 3.05) is 4.90 Å². The van der Waals surface area contributed by atoms with Gasteiger partial charge in [0.1, 0.15) is 16.7 Å². The Kier molecular flexibility index (Phi) is 5.59. The summed E-state index contributed by atoms with van der Waals surface area (Å²) in [6, 6.07) is 51.2. The first-order valence-corrected chi connectivity index (χ1v) is 16.4. The van der Waals surface area contributed by atoms with Crippen molar-refractivity contribution < 1.29 is 8.83 Å². The minimum atomic E-state index is -0.130. The molecule has 10 rings (SSSR count). The molecule has 0 N–H and O–H groups in total. The third-order valence-corrected chi connectivity index (χ3v) is 10.1. The predicted molar refractivity (Wildman–Crippen MR) is 196 cm³/mol. The Morgan fingerprint density at radius 2 is 1.23 bits per heavy atom. The van der Waals surface area contributed by atoms with Crippen molar-refractivity contribution in [1.82, 2.24) is 4.98 Å². The van der Waals surface area contributed by atoms with Crippen LogP contribution in [0.5, 0.6) is 0 Å². The summed E-state index contributed by atoms with van der Waals surface area (Å²) in [6.07, 6.45) is 0. The molecule has 0 amide bonds. The summed E-state index contributed by atoms with van der Waals surface area (Å²) in [6.45, 7) is 4.66. The lowest BCUT2D eigenvalue weighted by molar-refractivity contribution is 0.623. The zero-order chi connectivity index (χ0) is 32.0. The molecule has 0 fully saturated rings. The molecule has 1 aliphatic carbocycles. The Bertz CT molecular complexity index is 2720. The van der Waals surface area contributed by atoms with Gasteiger partial charge in [-0.2, -0.15) is 0 Å². The van der Waals surface area contributed by atoms with E-state index in [2.05, 4.69) is 122 Å². The van der Waals surface area contributed by atoms with E-state index in [1.807, 2.05) is 42.5 Å². The summed E-state index contributed by atoms with van der Waals surface area (Å²) >= 11 is 0. The Morgan fingerprint density at radius 1 is 0.521 bits per heavy atom. The van der Waals surface area contributed by atoms with Crippen LogP contribution in [0.3, 0.4) is 0 Å². The molecule has 0 unspecified atom stereocenters. The number of hydrogen-bond donors (Lipinski definition) is 0. The van der Waals surface area contributed by atoms with Crippen molar-refractivity contribution in [3.8, 4) is 22.6 Å². The maximum atomic E-state index is 6.48. The van der Waals surface area contributed by atoms with E-state index in [4.69, 9.17) is 13.8 Å². The van der Waals surface area contributed by atoms with Gasteiger partial charge in [-0.25, -0.2) is 4.98 Å². The van der Waals surface area contributed by atoms with E-state index in [1.165, 1.54) is 22.3 Å². The SMILES string of the molecule is CC1(C)c2ccccc2-c2ccc(N(c3ccc4c(c3)oc3ccccc34)c3cccc4c3ccc3nc(-c5ccccc5)oc34)cc21. The molecule has 2 heterocycles. The first-order valence-electron chi connectivity index (χ1n) is 16.4. The highest BCUT2D eigenvalue weighted by Gasteiger charge is 2.36. The van der Waals surface area contributed by atoms with Gasteiger partial charge in [0.25, 0.3) is 0 Å². The molecule has 9 aromatic rings. The fraction of sp³-hybridized carbons (Fsp3) is 0.0682. The van der Waals surface area contributed by atoms with Crippen LogP contribution in [-0.2, 0) is 5.41 Å². The number of oxazole rings is 1. The van der Waals surface area contributed by atoms with Crippen molar-refractivity contribution in [2.45, 2.75) is 19.3 Å². The monoisotopic (exact) mass is 618 g/mol. The average molecular weight is 619 g/mol. The van der Waals surface area contributed by atoms with E-state index in [1.54, 1.807) is 0 Å². The van der Waals surface area contributed by atoms with Gasteiger partial charge in [0.05, 0.1) is 5.69 Å². The molecule has 0 radical (unpaired) electrons. The molecule has 48 heavy (non-hydrogen) atoms. The minimum Gasteiger partial charge on any atom is -0.456 e. The topological polar surface area (TPSA) is 42.4 Å². The van der Waals surface area contributed by atoms with E-state index in [0.29, 0.717) is 5.89 Å². The molecule has 4 heteroatoms. The van der Waals surface area contributed by atoms with Gasteiger partial charge < -0.3 is 13.7 Å². The normalized spacial score (nSPS) is 13.4. The molecule has 0 saturated heterocycles. The third kappa shape index (κ3) is 3.86. The van der Waals surface area contributed by atoms with Crippen molar-refractivity contribution in [1.29, 1.82) is 0 Å². The van der Waals surface area contributed by atoms with Gasteiger partial charge in [-0.1, -0.05) is 92.7 Å². The standard InChI is InChI=1S/C44H30N2O2/c1-44(2)36-16-8-6-13-30(36)31-21-19-28(25-37(31)44)46(29-20-22-34-33-14-7-9-18-40(33)47-41(34)26-29)39-17-10-15-35-32(39)23-24-38-42(35)48-43(45-38)27-11-4-3-5-12-27/h3-26H,1-2H3. The number of rotatable bonds is 4. The number of furan rings is 1. The lowest BCUT2D eigenvalue weighted by Crippen LogP contribution is -2.16. The lowest BCUT2D eigenvalue weighted by atomic mass is 9.82. The van der Waals surface area contributed by atoms with Crippen LogP contribution in [0.4, 0.5) is 17.1 Å². The summed E-state index contributed by atoms with van der Waals surface area (Å²) in [4.78, 5) is 7.22. The molecule has 7 aromatic carbocycles. The predicted octanol–water partition coefficient (Wildman–Crippen LogP) is 12.3. The highest BCUT2D eigenvalue weighted by atomic mass is 16.3. The van der Waals surface area contributed by atoms with Gasteiger partial charge in [-0.05, 0) is 82.9 Å². The van der Waals surface area contributed by atoms with Gasteiger partial charge in [-0.3, -0.25) is 0 Å². The van der Waals surface area contributed by atoms with Crippen molar-refractivity contribution in [3.63, 3.8) is 0 Å². The summed E-state index contributed by atoms with van der Waals surface area (Å²) in [5.41, 5.74) is 12.6. The molecular formula is C44H30N2O2.